The molecule has 1 aromatic rings. The number of sulfonamides is 1. The number of benzene rings is 1. The molecule has 134 valence electrons. The number of hydrogen-bond acceptors (Lipinski definition) is 5. The number of aryl methyl sites for hydroxylation is 1. The van der Waals surface area contributed by atoms with Crippen LogP contribution in [0.2, 0.25) is 10.0 Å². The van der Waals surface area contributed by atoms with Crippen LogP contribution in [0.1, 0.15) is 18.1 Å². The molecule has 1 aliphatic heterocycles. The van der Waals surface area contributed by atoms with E-state index in [1.807, 2.05) is 0 Å². The Balaban J connectivity index is 2.55. The molecular weight excluding hydrogens is 393 g/mol. The molecule has 0 aliphatic carbocycles. The average molecular weight is 412 g/mol. The zero-order chi connectivity index (χ0) is 18.1. The van der Waals surface area contributed by atoms with Gasteiger partial charge in [0.1, 0.15) is 10.9 Å². The van der Waals surface area contributed by atoms with Gasteiger partial charge in [-0.3, -0.25) is 4.79 Å². The first-order valence-corrected chi connectivity index (χ1v) is 10.8. The second kappa shape index (κ2) is 7.83. The summed E-state index contributed by atoms with van der Waals surface area (Å²) in [6.45, 7) is 5.41. The van der Waals surface area contributed by atoms with Gasteiger partial charge >= 0.3 is 5.97 Å². The lowest BCUT2D eigenvalue weighted by Crippen LogP contribution is -2.51. The lowest BCUT2D eigenvalue weighted by molar-refractivity contribution is -0.146. The highest BCUT2D eigenvalue weighted by Gasteiger charge is 2.40. The van der Waals surface area contributed by atoms with Crippen LogP contribution >= 0.6 is 35.0 Å². The normalized spacial score (nSPS) is 19.3. The fourth-order valence-electron chi connectivity index (χ4n) is 2.54. The van der Waals surface area contributed by atoms with Crippen molar-refractivity contribution < 1.29 is 17.9 Å². The van der Waals surface area contributed by atoms with Crippen LogP contribution in [0.5, 0.6) is 0 Å². The Morgan fingerprint density at radius 2 is 2.08 bits per heavy atom. The van der Waals surface area contributed by atoms with Gasteiger partial charge in [-0.05, 0) is 38.0 Å². The predicted octanol–water partition coefficient (Wildman–Crippen LogP) is 3.28. The van der Waals surface area contributed by atoms with Gasteiger partial charge in [0.25, 0.3) is 0 Å². The van der Waals surface area contributed by atoms with Gasteiger partial charge in [-0.2, -0.15) is 16.1 Å². The third kappa shape index (κ3) is 3.70. The molecule has 1 unspecified atom stereocenters. The Bertz CT molecular complexity index is 726. The summed E-state index contributed by atoms with van der Waals surface area (Å²) in [6, 6.07) is 0.774. The van der Waals surface area contributed by atoms with Gasteiger partial charge in [0.2, 0.25) is 10.0 Å². The van der Waals surface area contributed by atoms with Crippen molar-refractivity contribution in [3.63, 3.8) is 0 Å². The smallest absolute Gasteiger partial charge is 0.325 e. The lowest BCUT2D eigenvalue weighted by Gasteiger charge is -2.33. The zero-order valence-electron chi connectivity index (χ0n) is 13.6. The molecule has 0 saturated carbocycles. The van der Waals surface area contributed by atoms with Crippen molar-refractivity contribution in [3.8, 4) is 0 Å². The summed E-state index contributed by atoms with van der Waals surface area (Å²) in [7, 11) is -3.98. The highest BCUT2D eigenvalue weighted by Crippen LogP contribution is 2.36. The number of ether oxygens (including phenoxy) is 1. The van der Waals surface area contributed by atoms with Crippen LogP contribution in [0, 0.1) is 13.8 Å². The van der Waals surface area contributed by atoms with Gasteiger partial charge in [0, 0.05) is 23.1 Å². The van der Waals surface area contributed by atoms with Gasteiger partial charge in [-0.25, -0.2) is 8.42 Å². The van der Waals surface area contributed by atoms with Crippen LogP contribution in [0.4, 0.5) is 0 Å². The lowest BCUT2D eigenvalue weighted by atomic mass is 10.2. The van der Waals surface area contributed by atoms with E-state index in [2.05, 4.69) is 0 Å². The van der Waals surface area contributed by atoms with E-state index < -0.39 is 22.0 Å². The topological polar surface area (TPSA) is 63.7 Å². The van der Waals surface area contributed by atoms with Crippen LogP contribution in [-0.4, -0.2) is 49.4 Å². The van der Waals surface area contributed by atoms with Gasteiger partial charge in [-0.15, -0.1) is 0 Å². The number of hydrogen-bond donors (Lipinski definition) is 0. The summed E-state index contributed by atoms with van der Waals surface area (Å²) in [4.78, 5) is 12.2. The van der Waals surface area contributed by atoms with Gasteiger partial charge in [0.05, 0.1) is 11.6 Å². The molecule has 0 radical (unpaired) electrons. The van der Waals surface area contributed by atoms with Crippen LogP contribution in [-0.2, 0) is 19.6 Å². The number of nitrogens with zero attached hydrogens (tertiary/aromatic N) is 1. The summed E-state index contributed by atoms with van der Waals surface area (Å²) in [6.07, 6.45) is 0. The second-order valence-electron chi connectivity index (χ2n) is 5.40. The van der Waals surface area contributed by atoms with E-state index in [1.165, 1.54) is 16.1 Å². The minimum atomic E-state index is -3.98. The number of esters is 1. The zero-order valence-corrected chi connectivity index (χ0v) is 16.8. The minimum Gasteiger partial charge on any atom is -0.465 e. The summed E-state index contributed by atoms with van der Waals surface area (Å²) in [5, 5.41) is 0.465. The Morgan fingerprint density at radius 3 is 2.71 bits per heavy atom. The van der Waals surface area contributed by atoms with Crippen molar-refractivity contribution in [1.29, 1.82) is 0 Å². The van der Waals surface area contributed by atoms with Crippen molar-refractivity contribution in [1.82, 2.24) is 4.31 Å². The summed E-state index contributed by atoms with van der Waals surface area (Å²) in [5.74, 6) is 0.417. The molecule has 1 aliphatic rings. The van der Waals surface area contributed by atoms with E-state index in [4.69, 9.17) is 27.9 Å². The van der Waals surface area contributed by atoms with E-state index in [1.54, 1.807) is 26.8 Å². The standard InChI is InChI=1S/C15H19Cl2NO4S2/c1-4-22-15(19)12-8-23-6-5-18(12)24(20,21)14-10(3)11(16)7-9(2)13(14)17/h7,12H,4-6,8H2,1-3H3. The molecule has 1 fully saturated rings. The molecule has 0 N–H and O–H groups in total. The van der Waals surface area contributed by atoms with Crippen molar-refractivity contribution in [2.45, 2.75) is 31.7 Å². The molecule has 0 aromatic heterocycles. The van der Waals surface area contributed by atoms with E-state index >= 15 is 0 Å². The number of halogens is 2. The number of rotatable bonds is 4. The molecule has 9 heteroatoms. The maximum absolute atomic E-state index is 13.2. The number of carbonyl (C=O) groups is 1. The first-order chi connectivity index (χ1) is 11.2. The van der Waals surface area contributed by atoms with Crippen LogP contribution in [0.25, 0.3) is 0 Å². The quantitative estimate of drug-likeness (QED) is 0.711. The van der Waals surface area contributed by atoms with E-state index in [0.29, 0.717) is 27.7 Å². The second-order valence-corrected chi connectivity index (χ2v) is 9.16. The highest BCUT2D eigenvalue weighted by molar-refractivity contribution is 7.99. The SMILES string of the molecule is CCOC(=O)C1CSCCN1S(=O)(=O)c1c(C)c(Cl)cc(C)c1Cl. The average Bonchev–Trinajstić information content (AvgIpc) is 2.53. The maximum atomic E-state index is 13.2. The van der Waals surface area contributed by atoms with Crippen LogP contribution in [0.15, 0.2) is 11.0 Å². The van der Waals surface area contributed by atoms with Crippen LogP contribution in [0.3, 0.4) is 0 Å². The van der Waals surface area contributed by atoms with E-state index in [9.17, 15) is 13.2 Å². The fraction of sp³-hybridized carbons (Fsp3) is 0.533. The third-order valence-corrected chi connectivity index (χ3v) is 7.89. The summed E-state index contributed by atoms with van der Waals surface area (Å²) in [5.41, 5.74) is 0.956. The Kier molecular flexibility index (Phi) is 6.47. The van der Waals surface area contributed by atoms with Gasteiger partial charge < -0.3 is 4.74 Å². The molecule has 0 bridgehead atoms. The predicted molar refractivity (Wildman–Crippen MR) is 97.6 cm³/mol. The van der Waals surface area contributed by atoms with Crippen molar-refractivity contribution in [2.75, 3.05) is 24.7 Å². The molecule has 1 saturated heterocycles. The molecule has 24 heavy (non-hydrogen) atoms. The van der Waals surface area contributed by atoms with Gasteiger partial charge in [0.15, 0.2) is 0 Å². The monoisotopic (exact) mass is 411 g/mol. The molecule has 1 aromatic carbocycles. The first-order valence-electron chi connectivity index (χ1n) is 7.43. The molecule has 1 atom stereocenters. The first kappa shape index (κ1) is 19.8. The molecule has 0 amide bonds. The molecule has 2 rings (SSSR count). The number of carbonyl (C=O) groups excluding carboxylic acids is 1. The Hall–Kier alpha value is -0.470. The van der Waals surface area contributed by atoms with E-state index in [0.717, 1.165) is 0 Å². The Labute approximate surface area is 156 Å². The van der Waals surface area contributed by atoms with Crippen LogP contribution < -0.4 is 0 Å². The van der Waals surface area contributed by atoms with Gasteiger partial charge in [-0.1, -0.05) is 23.2 Å². The summed E-state index contributed by atoms with van der Waals surface area (Å²) < 4.78 is 32.7. The van der Waals surface area contributed by atoms with Crippen molar-refractivity contribution >= 4 is 51.0 Å². The third-order valence-electron chi connectivity index (χ3n) is 3.79. The molecule has 0 spiro atoms. The van der Waals surface area contributed by atoms with Crippen molar-refractivity contribution in [2.24, 2.45) is 0 Å². The molecular formula is C15H19Cl2NO4S2. The highest BCUT2D eigenvalue weighted by atomic mass is 35.5. The fourth-order valence-corrected chi connectivity index (χ4v) is 6.53. The Morgan fingerprint density at radius 1 is 1.42 bits per heavy atom. The number of thioether (sulfide) groups is 1. The van der Waals surface area contributed by atoms with Crippen molar-refractivity contribution in [3.05, 3.63) is 27.2 Å². The maximum Gasteiger partial charge on any atom is 0.325 e. The summed E-state index contributed by atoms with van der Waals surface area (Å²) >= 11 is 13.9. The molecule has 1 heterocycles. The molecule has 5 nitrogen and oxygen atoms in total. The van der Waals surface area contributed by atoms with E-state index in [-0.39, 0.29) is 23.1 Å². The minimum absolute atomic E-state index is 0.0321. The largest absolute Gasteiger partial charge is 0.465 e.